The van der Waals surface area contributed by atoms with Gasteiger partial charge in [0.2, 0.25) is 0 Å². The van der Waals surface area contributed by atoms with Gasteiger partial charge in [-0.1, -0.05) is 11.6 Å². The van der Waals surface area contributed by atoms with Gasteiger partial charge in [-0.25, -0.2) is 0 Å². The maximum absolute atomic E-state index is 12.5. The molecule has 2 saturated heterocycles. The van der Waals surface area contributed by atoms with Crippen LogP contribution in [0.15, 0.2) is 11.6 Å². The lowest BCUT2D eigenvalue weighted by Gasteiger charge is -2.42. The molecule has 10 heteroatoms. The molecule has 3 aliphatic rings. The summed E-state index contributed by atoms with van der Waals surface area (Å²) in [4.78, 5) is 36.1. The molecule has 0 unspecified atom stereocenters. The van der Waals surface area contributed by atoms with Crippen LogP contribution in [0.2, 0.25) is 0 Å². The third-order valence-electron chi connectivity index (χ3n) is 6.93. The van der Waals surface area contributed by atoms with Crippen molar-refractivity contribution >= 4 is 29.5 Å². The summed E-state index contributed by atoms with van der Waals surface area (Å²) in [6, 6.07) is -0.806. The highest BCUT2D eigenvalue weighted by atomic mass is 32.2. The minimum atomic E-state index is -0.806. The lowest BCUT2D eigenvalue weighted by molar-refractivity contribution is -0.172. The molecule has 0 radical (unpaired) electrons. The van der Waals surface area contributed by atoms with E-state index in [1.165, 1.54) is 24.4 Å². The van der Waals surface area contributed by atoms with E-state index < -0.39 is 29.7 Å². The van der Waals surface area contributed by atoms with E-state index in [9.17, 15) is 14.4 Å². The van der Waals surface area contributed by atoms with Crippen LogP contribution in [-0.2, 0) is 38.1 Å². The number of hydrogen-bond acceptors (Lipinski definition) is 10. The number of epoxide rings is 2. The van der Waals surface area contributed by atoms with E-state index >= 15 is 0 Å². The molecule has 2 N–H and O–H groups in total. The summed E-state index contributed by atoms with van der Waals surface area (Å²) in [5.41, 5.74) is 6.18. The Morgan fingerprint density at radius 1 is 1.26 bits per heavy atom. The zero-order valence-corrected chi connectivity index (χ0v) is 21.5. The summed E-state index contributed by atoms with van der Waals surface area (Å²) in [5.74, 6) is -1.17. The second kappa shape index (κ2) is 11.1. The topological polar surface area (TPSA) is 130 Å². The van der Waals surface area contributed by atoms with Gasteiger partial charge >= 0.3 is 11.9 Å². The number of allylic oxidation sites excluding steroid dienone is 1. The molecule has 1 saturated carbocycles. The standard InChI is InChI=1S/C24H37NO8S/c1-14(2)6-7-18-23(3,33-18)21-20(29-4)17(8-9-24(21)13-31-24)32-19(27)10-15(26)11-34-12-16(25)22(28)30-5/h6,16-18,20-21H,7-13,25H2,1-5H3/t16-,17+,18+,20+,21+,23-,24-/m0/s1. The number of ketones is 1. The van der Waals surface area contributed by atoms with E-state index in [1.54, 1.807) is 7.11 Å². The molecule has 0 aromatic rings. The smallest absolute Gasteiger partial charge is 0.323 e. The number of ether oxygens (including phenoxy) is 5. The van der Waals surface area contributed by atoms with Crippen molar-refractivity contribution in [1.29, 1.82) is 0 Å². The fourth-order valence-electron chi connectivity index (χ4n) is 5.01. The number of esters is 2. The Bertz CT molecular complexity index is 809. The van der Waals surface area contributed by atoms with Crippen molar-refractivity contribution in [2.75, 3.05) is 32.3 Å². The molecule has 0 aromatic heterocycles. The molecule has 3 fully saturated rings. The van der Waals surface area contributed by atoms with Gasteiger partial charge in [0.1, 0.15) is 35.9 Å². The van der Waals surface area contributed by atoms with E-state index in [1.807, 2.05) is 0 Å². The second-order valence-electron chi connectivity index (χ2n) is 9.77. The van der Waals surface area contributed by atoms with Gasteiger partial charge in [0.25, 0.3) is 0 Å². The van der Waals surface area contributed by atoms with Crippen LogP contribution in [0, 0.1) is 5.92 Å². The zero-order chi connectivity index (χ0) is 25.1. The molecule has 1 aliphatic carbocycles. The molecule has 0 bridgehead atoms. The maximum atomic E-state index is 12.5. The zero-order valence-electron chi connectivity index (χ0n) is 20.7. The molecule has 0 aromatic carbocycles. The summed E-state index contributed by atoms with van der Waals surface area (Å²) in [6.07, 6.45) is 3.20. The number of hydrogen-bond donors (Lipinski definition) is 1. The van der Waals surface area contributed by atoms with Gasteiger partial charge in [-0.3, -0.25) is 14.4 Å². The number of carbonyl (C=O) groups excluding carboxylic acids is 3. The molecule has 1 spiro atoms. The monoisotopic (exact) mass is 499 g/mol. The minimum absolute atomic E-state index is 0.0652. The largest absolute Gasteiger partial charge is 0.468 e. The van der Waals surface area contributed by atoms with Gasteiger partial charge in [-0.15, -0.1) is 0 Å². The van der Waals surface area contributed by atoms with E-state index in [4.69, 9.17) is 24.7 Å². The molecule has 7 atom stereocenters. The fraction of sp³-hybridized carbons (Fsp3) is 0.792. The Labute approximate surface area is 205 Å². The average molecular weight is 500 g/mol. The summed E-state index contributed by atoms with van der Waals surface area (Å²) in [7, 11) is 2.87. The molecule has 0 amide bonds. The summed E-state index contributed by atoms with van der Waals surface area (Å²) >= 11 is 1.19. The first-order valence-corrected chi connectivity index (χ1v) is 12.8. The van der Waals surface area contributed by atoms with E-state index in [0.717, 1.165) is 12.8 Å². The lowest BCUT2D eigenvalue weighted by atomic mass is 9.68. The first kappa shape index (κ1) is 27.1. The van der Waals surface area contributed by atoms with Crippen molar-refractivity contribution in [2.24, 2.45) is 11.7 Å². The van der Waals surface area contributed by atoms with Crippen molar-refractivity contribution in [1.82, 2.24) is 0 Å². The van der Waals surface area contributed by atoms with Crippen LogP contribution >= 0.6 is 11.8 Å². The highest BCUT2D eigenvalue weighted by Crippen LogP contribution is 2.59. The van der Waals surface area contributed by atoms with Crippen LogP contribution in [0.3, 0.4) is 0 Å². The normalized spacial score (nSPS) is 34.8. The Kier molecular flexibility index (Phi) is 8.84. The van der Waals surface area contributed by atoms with E-state index in [-0.39, 0.29) is 47.4 Å². The van der Waals surface area contributed by atoms with Crippen molar-refractivity contribution in [3.8, 4) is 0 Å². The van der Waals surface area contributed by atoms with Gasteiger partial charge in [-0.05, 0) is 40.0 Å². The van der Waals surface area contributed by atoms with E-state index in [2.05, 4.69) is 31.6 Å². The average Bonchev–Trinajstić information content (AvgIpc) is 3.69. The Morgan fingerprint density at radius 2 is 1.97 bits per heavy atom. The van der Waals surface area contributed by atoms with E-state index in [0.29, 0.717) is 13.0 Å². The number of Topliss-reactive ketones (excluding diaryl/α,β-unsaturated/α-hetero) is 1. The first-order valence-electron chi connectivity index (χ1n) is 11.7. The van der Waals surface area contributed by atoms with Gasteiger partial charge in [-0.2, -0.15) is 11.8 Å². The number of carbonyl (C=O) groups is 3. The lowest BCUT2D eigenvalue weighted by Crippen LogP contribution is -2.55. The third-order valence-corrected chi connectivity index (χ3v) is 8.05. The molecule has 2 aliphatic heterocycles. The molecule has 192 valence electrons. The molecular weight excluding hydrogens is 462 g/mol. The Morgan fingerprint density at radius 3 is 2.56 bits per heavy atom. The fourth-order valence-corrected chi connectivity index (χ4v) is 5.85. The highest BCUT2D eigenvalue weighted by Gasteiger charge is 2.72. The minimum Gasteiger partial charge on any atom is -0.468 e. The maximum Gasteiger partial charge on any atom is 0.323 e. The van der Waals surface area contributed by atoms with Crippen LogP contribution < -0.4 is 5.73 Å². The van der Waals surface area contributed by atoms with Crippen LogP contribution in [0.5, 0.6) is 0 Å². The summed E-state index contributed by atoms with van der Waals surface area (Å²) < 4.78 is 28.2. The SMILES string of the molecule is COC(=O)[C@@H](N)CSCC(=O)CC(=O)O[C@@H]1CC[C@]2(CO2)[C@@H]([C@@]2(C)O[C@@H]2CC=C(C)C)[C@@H]1OC. The van der Waals surface area contributed by atoms with Gasteiger partial charge in [0.15, 0.2) is 5.78 Å². The second-order valence-corrected chi connectivity index (χ2v) is 10.8. The quantitative estimate of drug-likeness (QED) is 0.184. The molecule has 9 nitrogen and oxygen atoms in total. The highest BCUT2D eigenvalue weighted by molar-refractivity contribution is 8.00. The van der Waals surface area contributed by atoms with Gasteiger partial charge in [0, 0.05) is 12.9 Å². The van der Waals surface area contributed by atoms with Crippen LogP contribution in [0.4, 0.5) is 0 Å². The molecular formula is C24H37NO8S. The third kappa shape index (κ3) is 6.20. The van der Waals surface area contributed by atoms with Crippen LogP contribution in [0.1, 0.15) is 46.5 Å². The summed E-state index contributed by atoms with van der Waals surface area (Å²) in [5, 5.41) is 0. The van der Waals surface area contributed by atoms with Crippen molar-refractivity contribution in [3.05, 3.63) is 11.6 Å². The number of thioether (sulfide) groups is 1. The molecule has 34 heavy (non-hydrogen) atoms. The van der Waals surface area contributed by atoms with Crippen molar-refractivity contribution in [3.63, 3.8) is 0 Å². The number of methoxy groups -OCH3 is 2. The van der Waals surface area contributed by atoms with Crippen molar-refractivity contribution < 1.29 is 38.1 Å². The van der Waals surface area contributed by atoms with Crippen LogP contribution in [0.25, 0.3) is 0 Å². The Balaban J connectivity index is 1.54. The molecule has 3 rings (SSSR count). The van der Waals surface area contributed by atoms with Crippen LogP contribution in [-0.4, -0.2) is 85.6 Å². The van der Waals surface area contributed by atoms with Gasteiger partial charge < -0.3 is 29.4 Å². The van der Waals surface area contributed by atoms with Crippen molar-refractivity contribution in [2.45, 2.75) is 82.0 Å². The summed E-state index contributed by atoms with van der Waals surface area (Å²) in [6.45, 7) is 6.86. The predicted molar refractivity (Wildman–Crippen MR) is 126 cm³/mol. The number of rotatable bonds is 12. The Hall–Kier alpha value is -1.46. The first-order chi connectivity index (χ1) is 16.1. The van der Waals surface area contributed by atoms with Gasteiger partial charge in [0.05, 0.1) is 31.5 Å². The molecule has 2 heterocycles. The number of nitrogens with two attached hydrogens (primary N) is 1. The predicted octanol–water partition coefficient (Wildman–Crippen LogP) is 1.80.